The zero-order valence-electron chi connectivity index (χ0n) is 52.0. The average Bonchev–Trinajstić information content (AvgIpc) is 3.43. The van der Waals surface area contributed by atoms with E-state index in [-0.39, 0.29) is 31.1 Å². The van der Waals surface area contributed by atoms with Crippen LogP contribution in [-0.4, -0.2) is 37.2 Å². The number of ether oxygens (including phenoxy) is 3. The topological polar surface area (TPSA) is 78.9 Å². The third-order valence-corrected chi connectivity index (χ3v) is 15.7. The first-order valence-corrected chi connectivity index (χ1v) is 34.5. The maximum Gasteiger partial charge on any atom is 0.306 e. The van der Waals surface area contributed by atoms with Crippen molar-refractivity contribution in [2.45, 2.75) is 386 Å². The van der Waals surface area contributed by atoms with Gasteiger partial charge in [0.15, 0.2) is 6.10 Å². The number of hydrogen-bond acceptors (Lipinski definition) is 6. The molecule has 0 aliphatic rings. The zero-order valence-corrected chi connectivity index (χ0v) is 52.0. The number of unbranched alkanes of at least 4 members (excludes halogenated alkanes) is 47. The van der Waals surface area contributed by atoms with Crippen LogP contribution in [0.15, 0.2) is 36.5 Å². The van der Waals surface area contributed by atoms with E-state index in [2.05, 4.69) is 57.2 Å². The standard InChI is InChI=1S/C71H132O6/c1-4-7-10-13-16-19-22-24-26-28-29-30-31-32-33-34-35-36-37-38-39-40-41-42-44-45-47-49-52-55-58-61-64-70(73)76-67-68(66-75-69(72)63-60-57-54-51-21-18-15-12-9-6-3)77-71(74)65-62-59-56-53-50-48-46-43-27-25-23-20-17-14-11-8-5-2/h8,11,17,20,25,27,68H,4-7,9-10,12-16,18-19,21-24,26,28-67H2,1-3H3/b11-8-,20-17-,27-25-. The van der Waals surface area contributed by atoms with E-state index in [9.17, 15) is 14.4 Å². The highest BCUT2D eigenvalue weighted by atomic mass is 16.6. The van der Waals surface area contributed by atoms with Crippen LogP contribution in [0.3, 0.4) is 0 Å². The van der Waals surface area contributed by atoms with Crippen molar-refractivity contribution in [3.05, 3.63) is 36.5 Å². The summed E-state index contributed by atoms with van der Waals surface area (Å²) in [5.41, 5.74) is 0. The summed E-state index contributed by atoms with van der Waals surface area (Å²) in [7, 11) is 0. The Bertz CT molecular complexity index is 1290. The summed E-state index contributed by atoms with van der Waals surface area (Å²) < 4.78 is 16.9. The molecule has 0 aromatic carbocycles. The lowest BCUT2D eigenvalue weighted by atomic mass is 10.0. The van der Waals surface area contributed by atoms with E-state index in [4.69, 9.17) is 14.2 Å². The summed E-state index contributed by atoms with van der Waals surface area (Å²) in [6.45, 7) is 6.57. The second-order valence-corrected chi connectivity index (χ2v) is 23.4. The van der Waals surface area contributed by atoms with Gasteiger partial charge in [-0.2, -0.15) is 0 Å². The minimum Gasteiger partial charge on any atom is -0.462 e. The second-order valence-electron chi connectivity index (χ2n) is 23.4. The van der Waals surface area contributed by atoms with Gasteiger partial charge in [0, 0.05) is 19.3 Å². The molecular formula is C71H132O6. The molecule has 6 heteroatoms. The molecule has 0 N–H and O–H groups in total. The zero-order chi connectivity index (χ0) is 55.7. The Morgan fingerprint density at radius 2 is 0.506 bits per heavy atom. The molecule has 0 saturated carbocycles. The molecule has 0 bridgehead atoms. The summed E-state index contributed by atoms with van der Waals surface area (Å²) >= 11 is 0. The largest absolute Gasteiger partial charge is 0.462 e. The van der Waals surface area contributed by atoms with Gasteiger partial charge in [-0.25, -0.2) is 0 Å². The molecule has 0 aromatic heterocycles. The molecule has 0 heterocycles. The van der Waals surface area contributed by atoms with Gasteiger partial charge in [-0.3, -0.25) is 14.4 Å². The fourth-order valence-electron chi connectivity index (χ4n) is 10.5. The fourth-order valence-corrected chi connectivity index (χ4v) is 10.5. The van der Waals surface area contributed by atoms with E-state index in [1.807, 2.05) is 0 Å². The van der Waals surface area contributed by atoms with Crippen LogP contribution in [0.1, 0.15) is 380 Å². The first-order chi connectivity index (χ1) is 38.0. The number of carbonyl (C=O) groups is 3. The molecule has 0 aliphatic carbocycles. The van der Waals surface area contributed by atoms with Crippen molar-refractivity contribution < 1.29 is 28.6 Å². The van der Waals surface area contributed by atoms with Crippen molar-refractivity contribution in [2.75, 3.05) is 13.2 Å². The quantitative estimate of drug-likeness (QED) is 0.0261. The minimum absolute atomic E-state index is 0.0712. The second kappa shape index (κ2) is 66.1. The Labute approximate surface area is 480 Å². The Hall–Kier alpha value is -2.37. The van der Waals surface area contributed by atoms with Crippen molar-refractivity contribution in [1.29, 1.82) is 0 Å². The van der Waals surface area contributed by atoms with Gasteiger partial charge in [0.2, 0.25) is 0 Å². The highest BCUT2D eigenvalue weighted by Gasteiger charge is 2.19. The molecule has 0 amide bonds. The van der Waals surface area contributed by atoms with Crippen LogP contribution >= 0.6 is 0 Å². The van der Waals surface area contributed by atoms with E-state index in [0.29, 0.717) is 19.3 Å². The minimum atomic E-state index is -0.774. The number of rotatable bonds is 64. The van der Waals surface area contributed by atoms with Crippen LogP contribution in [0.2, 0.25) is 0 Å². The van der Waals surface area contributed by atoms with Crippen LogP contribution in [0.25, 0.3) is 0 Å². The first-order valence-electron chi connectivity index (χ1n) is 34.5. The van der Waals surface area contributed by atoms with Crippen molar-refractivity contribution in [1.82, 2.24) is 0 Å². The first kappa shape index (κ1) is 74.6. The maximum atomic E-state index is 12.9. The van der Waals surface area contributed by atoms with Gasteiger partial charge < -0.3 is 14.2 Å². The molecule has 77 heavy (non-hydrogen) atoms. The van der Waals surface area contributed by atoms with Crippen LogP contribution in [0.5, 0.6) is 0 Å². The van der Waals surface area contributed by atoms with Gasteiger partial charge >= 0.3 is 17.9 Å². The van der Waals surface area contributed by atoms with E-state index in [1.165, 1.54) is 257 Å². The van der Waals surface area contributed by atoms with Gasteiger partial charge in [-0.1, -0.05) is 346 Å². The summed E-state index contributed by atoms with van der Waals surface area (Å²) in [5.74, 6) is -0.859. The van der Waals surface area contributed by atoms with Gasteiger partial charge in [0.1, 0.15) is 13.2 Å². The predicted molar refractivity (Wildman–Crippen MR) is 335 cm³/mol. The van der Waals surface area contributed by atoms with E-state index in [1.54, 1.807) is 0 Å². The van der Waals surface area contributed by atoms with E-state index >= 15 is 0 Å². The summed E-state index contributed by atoms with van der Waals surface area (Å²) in [4.78, 5) is 38.2. The molecule has 0 spiro atoms. The molecule has 0 aromatic rings. The van der Waals surface area contributed by atoms with Gasteiger partial charge in [0.05, 0.1) is 0 Å². The summed E-state index contributed by atoms with van der Waals surface area (Å²) in [6, 6.07) is 0. The molecule has 452 valence electrons. The average molecular weight is 1080 g/mol. The highest BCUT2D eigenvalue weighted by molar-refractivity contribution is 5.71. The Morgan fingerprint density at radius 3 is 0.792 bits per heavy atom. The molecule has 0 aliphatic heterocycles. The predicted octanol–water partition coefficient (Wildman–Crippen LogP) is 23.6. The van der Waals surface area contributed by atoms with Crippen molar-refractivity contribution in [3.63, 3.8) is 0 Å². The smallest absolute Gasteiger partial charge is 0.306 e. The number of allylic oxidation sites excluding steroid dienone is 6. The molecule has 1 unspecified atom stereocenters. The lowest BCUT2D eigenvalue weighted by Crippen LogP contribution is -2.30. The molecule has 0 saturated heterocycles. The third-order valence-electron chi connectivity index (χ3n) is 15.7. The van der Waals surface area contributed by atoms with Crippen LogP contribution in [0.4, 0.5) is 0 Å². The normalized spacial score (nSPS) is 12.2. The highest BCUT2D eigenvalue weighted by Crippen LogP contribution is 2.19. The van der Waals surface area contributed by atoms with Crippen molar-refractivity contribution in [2.24, 2.45) is 0 Å². The van der Waals surface area contributed by atoms with Crippen LogP contribution in [0, 0.1) is 0 Å². The Kier molecular flexibility index (Phi) is 64.1. The van der Waals surface area contributed by atoms with Crippen LogP contribution < -0.4 is 0 Å². The van der Waals surface area contributed by atoms with E-state index in [0.717, 1.165) is 83.5 Å². The van der Waals surface area contributed by atoms with Crippen LogP contribution in [-0.2, 0) is 28.6 Å². The molecule has 0 rings (SSSR count). The summed E-state index contributed by atoms with van der Waals surface area (Å²) in [6.07, 6.45) is 82.0. The lowest BCUT2D eigenvalue weighted by molar-refractivity contribution is -0.167. The lowest BCUT2D eigenvalue weighted by Gasteiger charge is -2.18. The molecular weight excluding hydrogens is 949 g/mol. The molecule has 6 nitrogen and oxygen atoms in total. The molecule has 1 atom stereocenters. The number of hydrogen-bond donors (Lipinski definition) is 0. The van der Waals surface area contributed by atoms with Gasteiger partial charge in [-0.05, 0) is 51.4 Å². The third kappa shape index (κ3) is 64.3. The maximum absolute atomic E-state index is 12.9. The van der Waals surface area contributed by atoms with Gasteiger partial charge in [-0.15, -0.1) is 0 Å². The number of esters is 3. The van der Waals surface area contributed by atoms with Crippen molar-refractivity contribution in [3.8, 4) is 0 Å². The monoisotopic (exact) mass is 1080 g/mol. The summed E-state index contributed by atoms with van der Waals surface area (Å²) in [5, 5.41) is 0. The Balaban J connectivity index is 4.05. The van der Waals surface area contributed by atoms with E-state index < -0.39 is 6.10 Å². The molecule has 0 radical (unpaired) electrons. The SMILES string of the molecule is CC/C=C\C/C=C\C/C=C\CCCCCCCCCC(=O)OC(COC(=O)CCCCCCCCCCCC)COC(=O)CCCCCCCCCCCCCCCCCCCCCCCCCCCCCCCCCC. The van der Waals surface area contributed by atoms with Crippen molar-refractivity contribution >= 4 is 17.9 Å². The number of carbonyl (C=O) groups excluding carboxylic acids is 3. The van der Waals surface area contributed by atoms with Gasteiger partial charge in [0.25, 0.3) is 0 Å². The molecule has 0 fully saturated rings. The fraction of sp³-hybridized carbons (Fsp3) is 0.873. The Morgan fingerprint density at radius 1 is 0.273 bits per heavy atom.